The molecule has 2 aromatic rings. The van der Waals surface area contributed by atoms with Gasteiger partial charge in [-0.2, -0.15) is 0 Å². The quantitative estimate of drug-likeness (QED) is 0.685. The third-order valence-corrected chi connectivity index (χ3v) is 3.92. The Morgan fingerprint density at radius 3 is 2.43 bits per heavy atom. The zero-order chi connectivity index (χ0) is 15.3. The van der Waals surface area contributed by atoms with Crippen LogP contribution in [0.15, 0.2) is 48.5 Å². The molecular formula is C19H19ClO. The number of hydrogen-bond donors (Lipinski definition) is 0. The van der Waals surface area contributed by atoms with Gasteiger partial charge in [0.1, 0.15) is 11.4 Å². The molecule has 0 amide bonds. The maximum Gasteiger partial charge on any atom is 0.131 e. The molecule has 0 aliphatic carbocycles. The lowest BCUT2D eigenvalue weighted by atomic mass is 9.93. The highest BCUT2D eigenvalue weighted by Gasteiger charge is 2.26. The highest BCUT2D eigenvalue weighted by molar-refractivity contribution is 6.31. The molecule has 2 heteroatoms. The Bertz CT molecular complexity index is 667. The molecule has 21 heavy (non-hydrogen) atoms. The summed E-state index contributed by atoms with van der Waals surface area (Å²) in [6.45, 7) is 6.01. The van der Waals surface area contributed by atoms with Crippen molar-refractivity contribution in [3.8, 4) is 17.6 Å². The standard InChI is InChI=1S/C19H19ClO/c1-4-9-15-12-13-17(14-18(15)20)21-19(3,5-2)16-10-7-6-8-11-16/h6-8,10-14H,5H2,1-3H3. The van der Waals surface area contributed by atoms with Crippen LogP contribution in [0.2, 0.25) is 5.02 Å². The van der Waals surface area contributed by atoms with Gasteiger partial charge in [0.15, 0.2) is 0 Å². The first-order valence-electron chi connectivity index (χ1n) is 7.06. The molecule has 0 aliphatic heterocycles. The van der Waals surface area contributed by atoms with Crippen molar-refractivity contribution in [3.63, 3.8) is 0 Å². The van der Waals surface area contributed by atoms with Crippen LogP contribution in [0.4, 0.5) is 0 Å². The van der Waals surface area contributed by atoms with Gasteiger partial charge in [-0.05, 0) is 38.0 Å². The third kappa shape index (κ3) is 3.60. The van der Waals surface area contributed by atoms with Crippen LogP contribution in [-0.2, 0) is 5.60 Å². The maximum atomic E-state index is 6.24. The summed E-state index contributed by atoms with van der Waals surface area (Å²) < 4.78 is 6.22. The highest BCUT2D eigenvalue weighted by Crippen LogP contribution is 2.32. The van der Waals surface area contributed by atoms with Crippen LogP contribution in [0.5, 0.6) is 5.75 Å². The fourth-order valence-corrected chi connectivity index (χ4v) is 2.40. The lowest BCUT2D eigenvalue weighted by Crippen LogP contribution is -2.28. The van der Waals surface area contributed by atoms with E-state index in [1.54, 1.807) is 6.92 Å². The van der Waals surface area contributed by atoms with Crippen molar-refractivity contribution < 1.29 is 4.74 Å². The van der Waals surface area contributed by atoms with Crippen molar-refractivity contribution >= 4 is 11.6 Å². The van der Waals surface area contributed by atoms with E-state index in [0.29, 0.717) is 5.02 Å². The Morgan fingerprint density at radius 1 is 1.14 bits per heavy atom. The molecule has 1 nitrogen and oxygen atoms in total. The van der Waals surface area contributed by atoms with Gasteiger partial charge in [-0.1, -0.05) is 54.8 Å². The van der Waals surface area contributed by atoms with Gasteiger partial charge in [0.05, 0.1) is 5.02 Å². The van der Waals surface area contributed by atoms with E-state index in [0.717, 1.165) is 23.3 Å². The van der Waals surface area contributed by atoms with Crippen LogP contribution in [0.1, 0.15) is 38.3 Å². The van der Waals surface area contributed by atoms with E-state index in [4.69, 9.17) is 16.3 Å². The van der Waals surface area contributed by atoms with E-state index >= 15 is 0 Å². The second-order valence-corrected chi connectivity index (χ2v) is 5.48. The van der Waals surface area contributed by atoms with Crippen LogP contribution in [0, 0.1) is 11.8 Å². The minimum absolute atomic E-state index is 0.372. The van der Waals surface area contributed by atoms with Crippen LogP contribution >= 0.6 is 11.6 Å². The van der Waals surface area contributed by atoms with Crippen LogP contribution in [0.25, 0.3) is 0 Å². The molecule has 0 heterocycles. The monoisotopic (exact) mass is 298 g/mol. The topological polar surface area (TPSA) is 9.23 Å². The molecule has 0 bridgehead atoms. The van der Waals surface area contributed by atoms with E-state index in [2.05, 4.69) is 37.8 Å². The van der Waals surface area contributed by atoms with Gasteiger partial charge in [-0.3, -0.25) is 0 Å². The molecule has 0 aliphatic rings. The van der Waals surface area contributed by atoms with E-state index in [1.165, 1.54) is 0 Å². The Morgan fingerprint density at radius 2 is 1.86 bits per heavy atom. The molecular weight excluding hydrogens is 280 g/mol. The summed E-state index contributed by atoms with van der Waals surface area (Å²) >= 11 is 6.24. The summed E-state index contributed by atoms with van der Waals surface area (Å²) in [6, 6.07) is 15.9. The van der Waals surface area contributed by atoms with E-state index < -0.39 is 0 Å². The molecule has 0 N–H and O–H groups in total. The lowest BCUT2D eigenvalue weighted by molar-refractivity contribution is 0.0826. The van der Waals surface area contributed by atoms with Gasteiger partial charge in [0.25, 0.3) is 0 Å². The fraction of sp³-hybridized carbons (Fsp3) is 0.263. The minimum atomic E-state index is -0.372. The van der Waals surface area contributed by atoms with Crippen molar-refractivity contribution in [1.29, 1.82) is 0 Å². The Balaban J connectivity index is 2.30. The van der Waals surface area contributed by atoms with Crippen LogP contribution in [0.3, 0.4) is 0 Å². The normalized spacial score (nSPS) is 13.0. The second kappa shape index (κ2) is 6.70. The number of halogens is 1. The Hall–Kier alpha value is -1.91. The number of ether oxygens (including phenoxy) is 1. The molecule has 0 aromatic heterocycles. The Kier molecular flexibility index (Phi) is 4.94. The summed E-state index contributed by atoms with van der Waals surface area (Å²) in [6.07, 6.45) is 0.866. The van der Waals surface area contributed by atoms with Crippen molar-refractivity contribution in [3.05, 3.63) is 64.7 Å². The van der Waals surface area contributed by atoms with Gasteiger partial charge in [-0.25, -0.2) is 0 Å². The molecule has 1 atom stereocenters. The van der Waals surface area contributed by atoms with Crippen molar-refractivity contribution in [2.45, 2.75) is 32.8 Å². The van der Waals surface area contributed by atoms with E-state index in [-0.39, 0.29) is 5.60 Å². The smallest absolute Gasteiger partial charge is 0.131 e. The second-order valence-electron chi connectivity index (χ2n) is 5.07. The van der Waals surface area contributed by atoms with E-state index in [1.807, 2.05) is 36.4 Å². The molecule has 0 spiro atoms. The summed E-state index contributed by atoms with van der Waals surface area (Å²) in [7, 11) is 0. The SMILES string of the molecule is CC#Cc1ccc(OC(C)(CC)c2ccccc2)cc1Cl. The predicted octanol–water partition coefficient (Wildman–Crippen LogP) is 5.42. The zero-order valence-corrected chi connectivity index (χ0v) is 13.4. The van der Waals surface area contributed by atoms with Gasteiger partial charge in [0, 0.05) is 11.6 Å². The summed E-state index contributed by atoms with van der Waals surface area (Å²) in [5, 5.41) is 0.619. The third-order valence-electron chi connectivity index (χ3n) is 3.60. The zero-order valence-electron chi connectivity index (χ0n) is 12.6. The highest BCUT2D eigenvalue weighted by atomic mass is 35.5. The molecule has 0 saturated heterocycles. The largest absolute Gasteiger partial charge is 0.483 e. The lowest BCUT2D eigenvalue weighted by Gasteiger charge is -2.30. The molecule has 1 unspecified atom stereocenters. The molecule has 0 radical (unpaired) electrons. The van der Waals surface area contributed by atoms with Crippen LogP contribution in [-0.4, -0.2) is 0 Å². The van der Waals surface area contributed by atoms with Crippen molar-refractivity contribution in [1.82, 2.24) is 0 Å². The maximum absolute atomic E-state index is 6.24. The first-order valence-corrected chi connectivity index (χ1v) is 7.43. The van der Waals surface area contributed by atoms with E-state index in [9.17, 15) is 0 Å². The minimum Gasteiger partial charge on any atom is -0.483 e. The fourth-order valence-electron chi connectivity index (χ4n) is 2.18. The average Bonchev–Trinajstić information content (AvgIpc) is 2.51. The Labute approximate surface area is 131 Å². The van der Waals surface area contributed by atoms with Gasteiger partial charge in [-0.15, -0.1) is 5.92 Å². The molecule has 2 aromatic carbocycles. The van der Waals surface area contributed by atoms with Crippen molar-refractivity contribution in [2.24, 2.45) is 0 Å². The first-order chi connectivity index (χ1) is 10.1. The first kappa shape index (κ1) is 15.5. The summed E-state index contributed by atoms with van der Waals surface area (Å²) in [5.74, 6) is 6.59. The predicted molar refractivity (Wildman–Crippen MR) is 88.7 cm³/mol. The molecule has 0 fully saturated rings. The average molecular weight is 299 g/mol. The van der Waals surface area contributed by atoms with Gasteiger partial charge in [0.2, 0.25) is 0 Å². The number of benzene rings is 2. The molecule has 0 saturated carbocycles. The van der Waals surface area contributed by atoms with Crippen LogP contribution < -0.4 is 4.74 Å². The number of rotatable bonds is 4. The van der Waals surface area contributed by atoms with Gasteiger partial charge >= 0.3 is 0 Å². The summed E-state index contributed by atoms with van der Waals surface area (Å²) in [4.78, 5) is 0. The number of hydrogen-bond acceptors (Lipinski definition) is 1. The molecule has 108 valence electrons. The van der Waals surface area contributed by atoms with Gasteiger partial charge < -0.3 is 4.74 Å². The summed E-state index contributed by atoms with van der Waals surface area (Å²) in [5.41, 5.74) is 1.60. The van der Waals surface area contributed by atoms with Crippen molar-refractivity contribution in [2.75, 3.05) is 0 Å². The molecule has 2 rings (SSSR count).